The van der Waals surface area contributed by atoms with Gasteiger partial charge in [-0.05, 0) is 19.8 Å². The van der Waals surface area contributed by atoms with Crippen molar-refractivity contribution in [2.24, 2.45) is 11.7 Å². The molecule has 0 aromatic carbocycles. The third-order valence-corrected chi connectivity index (χ3v) is 4.99. The second-order valence-electron chi connectivity index (χ2n) is 5.59. The molecule has 0 bridgehead atoms. The molecular weight excluding hydrogens is 290 g/mol. The summed E-state index contributed by atoms with van der Waals surface area (Å²) in [6, 6.07) is 0.0670. The Hall–Kier alpha value is -1.83. The van der Waals surface area contributed by atoms with E-state index in [0.29, 0.717) is 16.6 Å². The van der Waals surface area contributed by atoms with Gasteiger partial charge in [-0.2, -0.15) is 0 Å². The molecule has 2 atom stereocenters. The van der Waals surface area contributed by atoms with Crippen molar-refractivity contribution in [1.82, 2.24) is 9.88 Å². The van der Waals surface area contributed by atoms with Gasteiger partial charge in [-0.25, -0.2) is 4.98 Å². The number of nitrogens with two attached hydrogens (primary N) is 2. The lowest BCUT2D eigenvalue weighted by Gasteiger charge is -2.36. The van der Waals surface area contributed by atoms with Gasteiger partial charge in [0.2, 0.25) is 5.91 Å². The van der Waals surface area contributed by atoms with Gasteiger partial charge in [-0.1, -0.05) is 11.3 Å². The van der Waals surface area contributed by atoms with Crippen LogP contribution in [0.25, 0.3) is 0 Å². The number of hydrogen-bond donors (Lipinski definition) is 2. The number of nitrogen functional groups attached to an aromatic ring is 1. The average molecular weight is 311 g/mol. The highest BCUT2D eigenvalue weighted by atomic mass is 32.1. The predicted octanol–water partition coefficient (Wildman–Crippen LogP) is 0.517. The van der Waals surface area contributed by atoms with Crippen molar-refractivity contribution in [2.75, 3.05) is 31.3 Å². The molecule has 0 saturated carbocycles. The number of likely N-dealkylation sites (tertiary alicyclic amines) is 1. The predicted molar refractivity (Wildman–Crippen MR) is 83.3 cm³/mol. The first kappa shape index (κ1) is 15.6. The summed E-state index contributed by atoms with van der Waals surface area (Å²) in [7, 11) is 3.69. The van der Waals surface area contributed by atoms with Crippen LogP contribution in [0.4, 0.5) is 10.9 Å². The van der Waals surface area contributed by atoms with E-state index in [9.17, 15) is 9.59 Å². The van der Waals surface area contributed by atoms with Crippen molar-refractivity contribution in [3.8, 4) is 0 Å². The third kappa shape index (κ3) is 3.10. The molecule has 0 spiro atoms. The highest BCUT2D eigenvalue weighted by molar-refractivity contribution is 7.18. The minimum Gasteiger partial charge on any atom is -0.382 e. The fourth-order valence-electron chi connectivity index (χ4n) is 2.42. The number of thiazole rings is 1. The summed E-state index contributed by atoms with van der Waals surface area (Å²) in [5, 5.41) is 0.687. The van der Waals surface area contributed by atoms with Gasteiger partial charge in [0.05, 0.1) is 5.92 Å². The molecule has 8 heteroatoms. The lowest BCUT2D eigenvalue weighted by atomic mass is 9.93. The van der Waals surface area contributed by atoms with Crippen LogP contribution in [0.1, 0.15) is 29.4 Å². The van der Waals surface area contributed by atoms with Crippen molar-refractivity contribution in [3.05, 3.63) is 4.88 Å². The van der Waals surface area contributed by atoms with E-state index in [0.717, 1.165) is 12.8 Å². The third-order valence-electron chi connectivity index (χ3n) is 3.76. The first-order valence-corrected chi connectivity index (χ1v) is 7.66. The molecule has 1 saturated heterocycles. The SMILES string of the molecule is CC1CCC(C(N)=O)CN1C(=O)c1sc(N(C)C)nc1N. The van der Waals surface area contributed by atoms with Crippen molar-refractivity contribution in [2.45, 2.75) is 25.8 Å². The van der Waals surface area contributed by atoms with Crippen molar-refractivity contribution < 1.29 is 9.59 Å². The monoisotopic (exact) mass is 311 g/mol. The molecule has 116 valence electrons. The second-order valence-corrected chi connectivity index (χ2v) is 6.57. The Balaban J connectivity index is 2.23. The fraction of sp³-hybridized carbons (Fsp3) is 0.615. The molecule has 1 aliphatic heterocycles. The van der Waals surface area contributed by atoms with Crippen LogP contribution in [0.15, 0.2) is 0 Å². The van der Waals surface area contributed by atoms with Gasteiger partial charge in [-0.15, -0.1) is 0 Å². The number of carbonyl (C=O) groups excluding carboxylic acids is 2. The normalized spacial score (nSPS) is 22.1. The molecule has 7 nitrogen and oxygen atoms in total. The van der Waals surface area contributed by atoms with E-state index in [2.05, 4.69) is 4.98 Å². The molecule has 2 amide bonds. The molecule has 2 rings (SSSR count). The van der Waals surface area contributed by atoms with Crippen LogP contribution in [-0.4, -0.2) is 48.4 Å². The minimum absolute atomic E-state index is 0.0670. The molecule has 0 aliphatic carbocycles. The fourth-order valence-corrected chi connectivity index (χ4v) is 3.28. The van der Waals surface area contributed by atoms with Gasteiger partial charge in [0.25, 0.3) is 5.91 Å². The Morgan fingerprint density at radius 2 is 2.05 bits per heavy atom. The lowest BCUT2D eigenvalue weighted by molar-refractivity contribution is -0.123. The zero-order valence-corrected chi connectivity index (χ0v) is 13.3. The molecule has 1 fully saturated rings. The van der Waals surface area contributed by atoms with E-state index < -0.39 is 0 Å². The second kappa shape index (κ2) is 5.88. The summed E-state index contributed by atoms with van der Waals surface area (Å²) < 4.78 is 0. The maximum Gasteiger partial charge on any atom is 0.268 e. The highest BCUT2D eigenvalue weighted by Gasteiger charge is 2.33. The maximum absolute atomic E-state index is 12.7. The van der Waals surface area contributed by atoms with Crippen LogP contribution >= 0.6 is 11.3 Å². The average Bonchev–Trinajstić information content (AvgIpc) is 2.80. The Labute approximate surface area is 127 Å². The van der Waals surface area contributed by atoms with Gasteiger partial charge >= 0.3 is 0 Å². The molecule has 2 heterocycles. The van der Waals surface area contributed by atoms with E-state index >= 15 is 0 Å². The molecule has 0 radical (unpaired) electrons. The van der Waals surface area contributed by atoms with Gasteiger partial charge in [0.15, 0.2) is 5.13 Å². The van der Waals surface area contributed by atoms with E-state index in [-0.39, 0.29) is 29.6 Å². The smallest absolute Gasteiger partial charge is 0.268 e. The first-order chi connectivity index (χ1) is 9.81. The molecule has 21 heavy (non-hydrogen) atoms. The molecule has 4 N–H and O–H groups in total. The lowest BCUT2D eigenvalue weighted by Crippen LogP contribution is -2.48. The molecule has 1 aromatic heterocycles. The summed E-state index contributed by atoms with van der Waals surface area (Å²) >= 11 is 1.26. The zero-order chi connectivity index (χ0) is 15.7. The van der Waals surface area contributed by atoms with Crippen molar-refractivity contribution in [3.63, 3.8) is 0 Å². The van der Waals surface area contributed by atoms with E-state index in [1.807, 2.05) is 25.9 Å². The van der Waals surface area contributed by atoms with Crippen LogP contribution in [0.3, 0.4) is 0 Å². The summed E-state index contributed by atoms with van der Waals surface area (Å²) in [6.07, 6.45) is 1.49. The van der Waals surface area contributed by atoms with E-state index in [4.69, 9.17) is 11.5 Å². The van der Waals surface area contributed by atoms with Crippen LogP contribution < -0.4 is 16.4 Å². The summed E-state index contributed by atoms with van der Waals surface area (Å²) in [4.78, 5) is 32.2. The zero-order valence-electron chi connectivity index (χ0n) is 12.5. The number of amides is 2. The Morgan fingerprint density at radius 3 is 2.57 bits per heavy atom. The molecule has 1 aromatic rings. The summed E-state index contributed by atoms with van der Waals surface area (Å²) in [5.74, 6) is -0.572. The number of aromatic nitrogens is 1. The number of piperidine rings is 1. The number of nitrogens with zero attached hydrogens (tertiary/aromatic N) is 3. The van der Waals surface area contributed by atoms with E-state index in [1.54, 1.807) is 4.90 Å². The number of primary amides is 1. The first-order valence-electron chi connectivity index (χ1n) is 6.85. The Bertz CT molecular complexity index is 557. The minimum atomic E-state index is -0.356. The van der Waals surface area contributed by atoms with Gasteiger partial charge in [0, 0.05) is 26.7 Å². The number of anilines is 2. The van der Waals surface area contributed by atoms with Crippen LogP contribution in [0, 0.1) is 5.92 Å². The van der Waals surface area contributed by atoms with Crippen LogP contribution in [-0.2, 0) is 4.79 Å². The van der Waals surface area contributed by atoms with Crippen LogP contribution in [0.5, 0.6) is 0 Å². The molecular formula is C13H21N5O2S. The Morgan fingerprint density at radius 1 is 1.38 bits per heavy atom. The maximum atomic E-state index is 12.7. The molecule has 2 unspecified atom stereocenters. The van der Waals surface area contributed by atoms with Gasteiger partial charge < -0.3 is 21.3 Å². The number of hydrogen-bond acceptors (Lipinski definition) is 6. The topological polar surface area (TPSA) is 106 Å². The highest BCUT2D eigenvalue weighted by Crippen LogP contribution is 2.31. The quantitative estimate of drug-likeness (QED) is 0.846. The number of carbonyl (C=O) groups is 2. The largest absolute Gasteiger partial charge is 0.382 e. The van der Waals surface area contributed by atoms with Crippen molar-refractivity contribution in [1.29, 1.82) is 0 Å². The van der Waals surface area contributed by atoms with Gasteiger partial charge in [-0.3, -0.25) is 9.59 Å². The summed E-state index contributed by atoms with van der Waals surface area (Å²) in [5.41, 5.74) is 11.2. The Kier molecular flexibility index (Phi) is 4.36. The number of rotatable bonds is 3. The molecule has 1 aliphatic rings. The van der Waals surface area contributed by atoms with Crippen LogP contribution in [0.2, 0.25) is 0 Å². The summed E-state index contributed by atoms with van der Waals surface area (Å²) in [6.45, 7) is 2.32. The van der Waals surface area contributed by atoms with E-state index in [1.165, 1.54) is 11.3 Å². The van der Waals surface area contributed by atoms with Crippen molar-refractivity contribution >= 4 is 34.1 Å². The standard InChI is InChI=1S/C13H21N5O2S/c1-7-4-5-8(11(15)19)6-18(7)12(20)9-10(14)16-13(21-9)17(2)3/h7-8H,4-6,14H2,1-3H3,(H2,15,19). The van der Waals surface area contributed by atoms with Gasteiger partial charge in [0.1, 0.15) is 10.7 Å².